The summed E-state index contributed by atoms with van der Waals surface area (Å²) in [6, 6.07) is 22.6. The molecule has 192 valence electrons. The van der Waals surface area contributed by atoms with Gasteiger partial charge in [-0.25, -0.2) is 14.8 Å². The third kappa shape index (κ3) is 5.52. The first-order valence-electron chi connectivity index (χ1n) is 12.5. The third-order valence-electron chi connectivity index (χ3n) is 6.91. The van der Waals surface area contributed by atoms with E-state index >= 15 is 0 Å². The maximum Gasteiger partial charge on any atom is 0.334 e. The SMILES string of the molecule is CN1CC(=O)N2C(CN(CCc3cccs3)C(=O)[C@@H]2Cc2ccccc2)N1C(=O)NCc1ccccc1. The fourth-order valence-electron chi connectivity index (χ4n) is 5.10. The number of fused-ring (bicyclic) bond motifs is 1. The molecule has 37 heavy (non-hydrogen) atoms. The molecule has 2 saturated heterocycles. The Labute approximate surface area is 221 Å². The molecule has 2 aliphatic heterocycles. The Morgan fingerprint density at radius 1 is 0.973 bits per heavy atom. The van der Waals surface area contributed by atoms with Gasteiger partial charge in [-0.2, -0.15) is 0 Å². The zero-order chi connectivity index (χ0) is 25.8. The molecule has 0 spiro atoms. The predicted octanol–water partition coefficient (Wildman–Crippen LogP) is 2.97. The van der Waals surface area contributed by atoms with Crippen molar-refractivity contribution in [1.29, 1.82) is 0 Å². The number of nitrogens with one attached hydrogen (secondary N) is 1. The van der Waals surface area contributed by atoms with Crippen molar-refractivity contribution in [2.75, 3.05) is 26.7 Å². The number of hydrogen-bond acceptors (Lipinski definition) is 5. The number of amides is 4. The van der Waals surface area contributed by atoms with Crippen LogP contribution in [0.3, 0.4) is 0 Å². The maximum atomic E-state index is 13.8. The molecular weight excluding hydrogens is 486 g/mol. The summed E-state index contributed by atoms with van der Waals surface area (Å²) in [5.74, 6) is -0.217. The average molecular weight is 518 g/mol. The Hall–Kier alpha value is -3.69. The van der Waals surface area contributed by atoms with Crippen LogP contribution in [-0.4, -0.2) is 76.6 Å². The Balaban J connectivity index is 1.41. The van der Waals surface area contributed by atoms with E-state index in [9.17, 15) is 14.4 Å². The quantitative estimate of drug-likeness (QED) is 0.523. The van der Waals surface area contributed by atoms with Gasteiger partial charge in [0, 0.05) is 31.4 Å². The van der Waals surface area contributed by atoms with Gasteiger partial charge in [0.1, 0.15) is 12.2 Å². The fraction of sp³-hybridized carbons (Fsp3) is 0.321. The minimum atomic E-state index is -0.671. The topological polar surface area (TPSA) is 76.2 Å². The van der Waals surface area contributed by atoms with Crippen molar-refractivity contribution in [1.82, 2.24) is 25.1 Å². The normalized spacial score (nSPS) is 20.2. The summed E-state index contributed by atoms with van der Waals surface area (Å²) in [5.41, 5.74) is 1.97. The van der Waals surface area contributed by atoms with Crippen LogP contribution >= 0.6 is 11.3 Å². The highest BCUT2D eigenvalue weighted by Crippen LogP contribution is 2.28. The molecule has 9 heteroatoms. The number of rotatable bonds is 7. The van der Waals surface area contributed by atoms with Crippen LogP contribution in [0.25, 0.3) is 0 Å². The second-order valence-corrected chi connectivity index (χ2v) is 10.4. The van der Waals surface area contributed by atoms with Gasteiger partial charge in [0.05, 0.1) is 13.1 Å². The fourth-order valence-corrected chi connectivity index (χ4v) is 5.80. The maximum absolute atomic E-state index is 13.8. The van der Waals surface area contributed by atoms with Crippen LogP contribution in [-0.2, 0) is 29.0 Å². The van der Waals surface area contributed by atoms with Gasteiger partial charge in [-0.05, 0) is 29.0 Å². The molecule has 0 radical (unpaired) electrons. The van der Waals surface area contributed by atoms with Crippen LogP contribution in [0.2, 0.25) is 0 Å². The van der Waals surface area contributed by atoms with E-state index < -0.39 is 12.2 Å². The van der Waals surface area contributed by atoms with Gasteiger partial charge in [0.15, 0.2) is 0 Å². The zero-order valence-electron chi connectivity index (χ0n) is 20.8. The number of carbonyl (C=O) groups excluding carboxylic acids is 3. The summed E-state index contributed by atoms with van der Waals surface area (Å²) in [6.45, 7) is 1.21. The number of benzene rings is 2. The van der Waals surface area contributed by atoms with Crippen molar-refractivity contribution in [2.45, 2.75) is 31.6 Å². The van der Waals surface area contributed by atoms with Gasteiger partial charge in [-0.15, -0.1) is 11.3 Å². The number of likely N-dealkylation sites (N-methyl/N-ethyl adjacent to an activating group) is 1. The summed E-state index contributed by atoms with van der Waals surface area (Å²) in [7, 11) is 1.75. The van der Waals surface area contributed by atoms with Crippen molar-refractivity contribution in [3.05, 3.63) is 94.2 Å². The molecule has 4 amide bonds. The highest BCUT2D eigenvalue weighted by Gasteiger charge is 2.50. The molecule has 3 aromatic rings. The van der Waals surface area contributed by atoms with Gasteiger partial charge in [-0.3, -0.25) is 9.59 Å². The van der Waals surface area contributed by atoms with E-state index in [2.05, 4.69) is 11.4 Å². The third-order valence-corrected chi connectivity index (χ3v) is 7.85. The number of piperazine rings is 1. The van der Waals surface area contributed by atoms with Crippen LogP contribution in [0, 0.1) is 0 Å². The molecule has 5 rings (SSSR count). The van der Waals surface area contributed by atoms with Gasteiger partial charge < -0.3 is 15.1 Å². The van der Waals surface area contributed by atoms with E-state index in [1.807, 2.05) is 77.0 Å². The Bertz CT molecular complexity index is 1220. The standard InChI is InChI=1S/C28H31N5O3S/c1-30-20-26(34)32-24(17-21-9-4-2-5-10-21)27(35)31(15-14-23-13-8-16-37-23)19-25(32)33(30)28(36)29-18-22-11-6-3-7-12-22/h2-13,16,24-25H,14-15,17-20H2,1H3,(H,29,36)/t24-,25?/m0/s1. The molecule has 1 N–H and O–H groups in total. The Morgan fingerprint density at radius 3 is 2.35 bits per heavy atom. The van der Waals surface area contributed by atoms with Gasteiger partial charge in [0.25, 0.3) is 0 Å². The van der Waals surface area contributed by atoms with E-state index in [-0.39, 0.29) is 30.9 Å². The molecule has 2 aromatic carbocycles. The van der Waals surface area contributed by atoms with E-state index in [1.54, 1.807) is 33.3 Å². The summed E-state index contributed by atoms with van der Waals surface area (Å²) >= 11 is 1.66. The smallest absolute Gasteiger partial charge is 0.334 e. The Morgan fingerprint density at radius 2 is 1.68 bits per heavy atom. The summed E-state index contributed by atoms with van der Waals surface area (Å²) in [4.78, 5) is 45.2. The van der Waals surface area contributed by atoms with Crippen LogP contribution in [0.4, 0.5) is 4.79 Å². The molecule has 0 aliphatic carbocycles. The van der Waals surface area contributed by atoms with Crippen molar-refractivity contribution in [2.24, 2.45) is 0 Å². The molecule has 2 fully saturated rings. The first kappa shape index (κ1) is 25.0. The highest BCUT2D eigenvalue weighted by molar-refractivity contribution is 7.09. The van der Waals surface area contributed by atoms with Gasteiger partial charge >= 0.3 is 6.03 Å². The lowest BCUT2D eigenvalue weighted by Gasteiger charge is -2.54. The zero-order valence-corrected chi connectivity index (χ0v) is 21.6. The largest absolute Gasteiger partial charge is 0.337 e. The molecule has 2 aliphatic rings. The van der Waals surface area contributed by atoms with Crippen LogP contribution in [0.5, 0.6) is 0 Å². The lowest BCUT2D eigenvalue weighted by atomic mass is 9.98. The summed E-state index contributed by atoms with van der Waals surface area (Å²) in [5, 5.41) is 8.29. The van der Waals surface area contributed by atoms with Crippen LogP contribution < -0.4 is 5.32 Å². The van der Waals surface area contributed by atoms with Gasteiger partial charge in [-0.1, -0.05) is 66.7 Å². The van der Waals surface area contributed by atoms with E-state index in [0.29, 0.717) is 19.5 Å². The molecule has 8 nitrogen and oxygen atoms in total. The van der Waals surface area contributed by atoms with E-state index in [4.69, 9.17) is 0 Å². The number of hydrogen-bond donors (Lipinski definition) is 1. The van der Waals surface area contributed by atoms with Crippen LogP contribution in [0.1, 0.15) is 16.0 Å². The minimum absolute atomic E-state index is 0.0308. The second kappa shape index (κ2) is 11.1. The van der Waals surface area contributed by atoms with Crippen molar-refractivity contribution >= 4 is 29.2 Å². The number of thiophene rings is 1. The van der Waals surface area contributed by atoms with Crippen LogP contribution in [0.15, 0.2) is 78.2 Å². The molecule has 2 atom stereocenters. The van der Waals surface area contributed by atoms with Crippen molar-refractivity contribution < 1.29 is 14.4 Å². The van der Waals surface area contributed by atoms with Gasteiger partial charge in [0.2, 0.25) is 11.8 Å². The number of nitrogens with zero attached hydrogens (tertiary/aromatic N) is 4. The molecule has 1 aromatic heterocycles. The number of hydrazine groups is 1. The first-order valence-corrected chi connectivity index (χ1v) is 13.4. The average Bonchev–Trinajstić information content (AvgIpc) is 3.43. The number of carbonyl (C=O) groups is 3. The van der Waals surface area contributed by atoms with E-state index in [1.165, 1.54) is 4.88 Å². The summed E-state index contributed by atoms with van der Waals surface area (Å²) in [6.07, 6.45) is 0.551. The highest BCUT2D eigenvalue weighted by atomic mass is 32.1. The Kier molecular flexibility index (Phi) is 7.52. The van der Waals surface area contributed by atoms with Crippen molar-refractivity contribution in [3.63, 3.8) is 0 Å². The molecule has 0 bridgehead atoms. The minimum Gasteiger partial charge on any atom is -0.337 e. The predicted molar refractivity (Wildman–Crippen MR) is 142 cm³/mol. The molecule has 1 unspecified atom stereocenters. The molecular formula is C28H31N5O3S. The first-order chi connectivity index (χ1) is 18.0. The lowest BCUT2D eigenvalue weighted by molar-refractivity contribution is -0.186. The van der Waals surface area contributed by atoms with Crippen molar-refractivity contribution in [3.8, 4) is 0 Å². The second-order valence-electron chi connectivity index (χ2n) is 9.41. The lowest BCUT2D eigenvalue weighted by Crippen LogP contribution is -2.76. The molecule has 3 heterocycles. The monoisotopic (exact) mass is 517 g/mol. The summed E-state index contributed by atoms with van der Waals surface area (Å²) < 4.78 is 0. The number of urea groups is 1. The molecule has 0 saturated carbocycles. The van der Waals surface area contributed by atoms with E-state index in [0.717, 1.165) is 17.5 Å².